The van der Waals surface area contributed by atoms with Crippen LogP contribution in [0.1, 0.15) is 24.0 Å². The normalized spacial score (nSPS) is 14.9. The van der Waals surface area contributed by atoms with E-state index in [-0.39, 0.29) is 17.9 Å². The predicted octanol–water partition coefficient (Wildman–Crippen LogP) is 5.53. The molecule has 2 unspecified atom stereocenters. The van der Waals surface area contributed by atoms with Crippen LogP contribution in [0.2, 0.25) is 5.02 Å². The molecule has 0 aliphatic carbocycles. The minimum absolute atomic E-state index is 0.268. The topological polar surface area (TPSA) is 92.9 Å². The van der Waals surface area contributed by atoms with Crippen molar-refractivity contribution in [3.63, 3.8) is 0 Å². The van der Waals surface area contributed by atoms with Gasteiger partial charge in [-0.2, -0.15) is 0 Å². The molecule has 3 amide bonds. The molecule has 1 saturated heterocycles. The Hall–Kier alpha value is -4.21. The number of amides is 3. The van der Waals surface area contributed by atoms with Gasteiger partial charge in [0.15, 0.2) is 0 Å². The van der Waals surface area contributed by atoms with Crippen molar-refractivity contribution in [2.24, 2.45) is 0 Å². The highest BCUT2D eigenvalue weighted by atomic mass is 35.5. The number of urea groups is 1. The highest BCUT2D eigenvalue weighted by Crippen LogP contribution is 2.31. The van der Waals surface area contributed by atoms with Gasteiger partial charge in [0.2, 0.25) is 5.91 Å². The van der Waals surface area contributed by atoms with E-state index >= 15 is 0 Å². The van der Waals surface area contributed by atoms with Gasteiger partial charge in [0, 0.05) is 66.5 Å². The third kappa shape index (κ3) is 7.06. The van der Waals surface area contributed by atoms with Crippen molar-refractivity contribution in [1.29, 1.82) is 0 Å². The molecule has 0 spiro atoms. The second kappa shape index (κ2) is 13.4. The number of benzene rings is 3. The first-order chi connectivity index (χ1) is 20.7. The molecular weight excluding hydrogens is 564 g/mol. The Kier molecular flexibility index (Phi) is 9.43. The molecule has 1 aliphatic rings. The summed E-state index contributed by atoms with van der Waals surface area (Å²) in [7, 11) is 5.56. The van der Waals surface area contributed by atoms with Crippen LogP contribution < -0.4 is 20.3 Å². The fourth-order valence-electron chi connectivity index (χ4n) is 5.64. The summed E-state index contributed by atoms with van der Waals surface area (Å²) < 4.78 is 5.56. The molecule has 4 aromatic rings. The van der Waals surface area contributed by atoms with Gasteiger partial charge in [-0.25, -0.2) is 4.79 Å². The summed E-state index contributed by atoms with van der Waals surface area (Å²) >= 11 is 6.06. The molecule has 10 heteroatoms. The van der Waals surface area contributed by atoms with Crippen LogP contribution in [0.5, 0.6) is 5.75 Å². The minimum atomic E-state index is -0.844. The summed E-state index contributed by atoms with van der Waals surface area (Å²) in [6.07, 6.45) is 1.92. The van der Waals surface area contributed by atoms with Gasteiger partial charge in [-0.15, -0.1) is 0 Å². The molecule has 5 rings (SSSR count). The van der Waals surface area contributed by atoms with Crippen LogP contribution in [0, 0.1) is 0 Å². The number of hydrogen-bond donors (Lipinski definition) is 3. The van der Waals surface area contributed by atoms with Crippen LogP contribution in [0.15, 0.2) is 72.9 Å². The van der Waals surface area contributed by atoms with Crippen molar-refractivity contribution in [1.82, 2.24) is 20.1 Å². The maximum absolute atomic E-state index is 14.0. The summed E-state index contributed by atoms with van der Waals surface area (Å²) in [5.74, 6) is -0.0864. The number of aromatic amines is 1. The van der Waals surface area contributed by atoms with Gasteiger partial charge in [0.05, 0.1) is 12.8 Å². The Labute approximate surface area is 257 Å². The molecule has 1 fully saturated rings. The number of nitrogens with zero attached hydrogens (tertiary/aromatic N) is 3. The largest absolute Gasteiger partial charge is 0.495 e. The Bertz CT molecular complexity index is 1560. The van der Waals surface area contributed by atoms with Gasteiger partial charge in [-0.3, -0.25) is 4.79 Å². The lowest BCUT2D eigenvalue weighted by Gasteiger charge is -2.37. The van der Waals surface area contributed by atoms with Crippen molar-refractivity contribution in [2.45, 2.75) is 25.4 Å². The van der Waals surface area contributed by atoms with E-state index in [1.165, 1.54) is 0 Å². The number of aromatic nitrogens is 1. The number of anilines is 2. The van der Waals surface area contributed by atoms with Gasteiger partial charge < -0.3 is 35.1 Å². The van der Waals surface area contributed by atoms with Crippen molar-refractivity contribution >= 4 is 45.8 Å². The van der Waals surface area contributed by atoms with Gasteiger partial charge in [0.1, 0.15) is 11.8 Å². The SMILES string of the molecule is COc1ccc(CN(C)C)cc1NC(=O)C(NC(=O)N1CCN(c2ccc(Cl)cc2)CC1)C(C)c1c[nH]c2ccccc12. The minimum Gasteiger partial charge on any atom is -0.495 e. The van der Waals surface area contributed by atoms with Crippen molar-refractivity contribution in [3.05, 3.63) is 89.1 Å². The molecule has 2 heterocycles. The number of piperazine rings is 1. The zero-order valence-corrected chi connectivity index (χ0v) is 25.8. The molecule has 3 N–H and O–H groups in total. The fraction of sp³-hybridized carbons (Fsp3) is 0.333. The van der Waals surface area contributed by atoms with E-state index < -0.39 is 6.04 Å². The van der Waals surface area contributed by atoms with E-state index in [0.29, 0.717) is 49.2 Å². The highest BCUT2D eigenvalue weighted by Gasteiger charge is 2.32. The van der Waals surface area contributed by atoms with E-state index in [1.54, 1.807) is 12.0 Å². The predicted molar refractivity (Wildman–Crippen MR) is 173 cm³/mol. The monoisotopic (exact) mass is 602 g/mol. The summed E-state index contributed by atoms with van der Waals surface area (Å²) in [6, 6.07) is 20.3. The molecule has 43 heavy (non-hydrogen) atoms. The molecule has 9 nitrogen and oxygen atoms in total. The van der Waals surface area contributed by atoms with Crippen molar-refractivity contribution in [3.8, 4) is 5.75 Å². The highest BCUT2D eigenvalue weighted by molar-refractivity contribution is 6.30. The maximum atomic E-state index is 14.0. The Balaban J connectivity index is 1.37. The van der Waals surface area contributed by atoms with Crippen LogP contribution in [-0.2, 0) is 11.3 Å². The molecule has 0 radical (unpaired) electrons. The molecule has 3 aromatic carbocycles. The number of rotatable bonds is 9. The number of fused-ring (bicyclic) bond motifs is 1. The number of carbonyl (C=O) groups is 2. The standard InChI is InChI=1S/C33H39ClN6O3/c1-22(27-20-35-28-8-6-5-7-26(27)28)31(32(41)36-29-19-23(21-38(2)3)9-14-30(29)43-4)37-33(42)40-17-15-39(16-18-40)25-12-10-24(34)11-13-25/h5-14,19-20,22,31,35H,15-18,21H2,1-4H3,(H,36,41)(H,37,42). The molecule has 0 saturated carbocycles. The van der Waals surface area contributed by atoms with Gasteiger partial charge in [0.25, 0.3) is 0 Å². The first-order valence-corrected chi connectivity index (χ1v) is 14.9. The average Bonchev–Trinajstić information content (AvgIpc) is 3.44. The number of H-pyrrole nitrogens is 1. The second-order valence-electron chi connectivity index (χ2n) is 11.2. The number of hydrogen-bond acceptors (Lipinski definition) is 5. The van der Waals surface area contributed by atoms with Gasteiger partial charge in [-0.1, -0.05) is 42.8 Å². The van der Waals surface area contributed by atoms with Crippen LogP contribution >= 0.6 is 11.6 Å². The third-order valence-electron chi connectivity index (χ3n) is 7.95. The van der Waals surface area contributed by atoms with E-state index in [0.717, 1.165) is 27.7 Å². The quantitative estimate of drug-likeness (QED) is 0.234. The smallest absolute Gasteiger partial charge is 0.318 e. The summed E-state index contributed by atoms with van der Waals surface area (Å²) in [4.78, 5) is 37.0. The van der Waals surface area contributed by atoms with E-state index in [9.17, 15) is 9.59 Å². The molecule has 2 atom stereocenters. The van der Waals surface area contributed by atoms with Crippen LogP contribution in [0.4, 0.5) is 16.2 Å². The lowest BCUT2D eigenvalue weighted by atomic mass is 9.92. The van der Waals surface area contributed by atoms with Crippen LogP contribution in [0.3, 0.4) is 0 Å². The summed E-state index contributed by atoms with van der Waals surface area (Å²) in [5, 5.41) is 7.85. The van der Waals surface area contributed by atoms with Crippen molar-refractivity contribution in [2.75, 3.05) is 57.6 Å². The number of nitrogens with one attached hydrogen (secondary N) is 3. The number of para-hydroxylation sites is 1. The Morgan fingerprint density at radius 1 is 1.02 bits per heavy atom. The first kappa shape index (κ1) is 30.3. The number of halogens is 1. The maximum Gasteiger partial charge on any atom is 0.318 e. The molecule has 1 aromatic heterocycles. The number of carbonyl (C=O) groups excluding carboxylic acids is 2. The van der Waals surface area contributed by atoms with Gasteiger partial charge >= 0.3 is 6.03 Å². The lowest BCUT2D eigenvalue weighted by molar-refractivity contribution is -0.118. The van der Waals surface area contributed by atoms with Crippen LogP contribution in [-0.4, -0.2) is 80.1 Å². The van der Waals surface area contributed by atoms with E-state index in [1.807, 2.05) is 93.9 Å². The number of methoxy groups -OCH3 is 1. The van der Waals surface area contributed by atoms with Crippen LogP contribution in [0.25, 0.3) is 10.9 Å². The van der Waals surface area contributed by atoms with E-state index in [2.05, 4.69) is 25.4 Å². The molecular formula is C33H39ClN6O3. The molecule has 1 aliphatic heterocycles. The first-order valence-electron chi connectivity index (χ1n) is 14.5. The van der Waals surface area contributed by atoms with E-state index in [4.69, 9.17) is 16.3 Å². The zero-order chi connectivity index (χ0) is 30.5. The lowest BCUT2D eigenvalue weighted by Crippen LogP contribution is -2.56. The summed E-state index contributed by atoms with van der Waals surface area (Å²) in [6.45, 7) is 5.11. The number of ether oxygens (including phenoxy) is 1. The second-order valence-corrected chi connectivity index (χ2v) is 11.7. The van der Waals surface area contributed by atoms with Gasteiger partial charge in [-0.05, 0) is 67.7 Å². The Morgan fingerprint density at radius 3 is 2.44 bits per heavy atom. The van der Waals surface area contributed by atoms with Crippen molar-refractivity contribution < 1.29 is 14.3 Å². The molecule has 226 valence electrons. The molecule has 0 bridgehead atoms. The third-order valence-corrected chi connectivity index (χ3v) is 8.20. The zero-order valence-electron chi connectivity index (χ0n) is 25.1. The average molecular weight is 603 g/mol. The fourth-order valence-corrected chi connectivity index (χ4v) is 5.76. The summed E-state index contributed by atoms with van der Waals surface area (Å²) in [5.41, 5.74) is 4.60. The Morgan fingerprint density at radius 2 is 1.74 bits per heavy atom.